The first-order valence-electron chi connectivity index (χ1n) is 12.3. The monoisotopic (exact) mass is 575 g/mol. The van der Waals surface area contributed by atoms with Gasteiger partial charge in [0.15, 0.2) is 0 Å². The molecular formula is C23H37N5O10S. The van der Waals surface area contributed by atoms with Crippen molar-refractivity contribution >= 4 is 34.1 Å². The van der Waals surface area contributed by atoms with Crippen LogP contribution in [0.5, 0.6) is 5.75 Å². The van der Waals surface area contributed by atoms with Gasteiger partial charge in [0.1, 0.15) is 18.4 Å². The number of hydrogen-bond acceptors (Lipinski definition) is 10. The molecule has 0 radical (unpaired) electrons. The Morgan fingerprint density at radius 2 is 1.54 bits per heavy atom. The number of alkyl carbamates (subject to hydrolysis) is 2. The predicted molar refractivity (Wildman–Crippen MR) is 140 cm³/mol. The third-order valence-corrected chi connectivity index (χ3v) is 6.17. The van der Waals surface area contributed by atoms with Crippen LogP contribution >= 0.6 is 0 Å². The Labute approximate surface area is 227 Å². The quantitative estimate of drug-likeness (QED) is 0.118. The summed E-state index contributed by atoms with van der Waals surface area (Å²) in [6.45, 7) is 2.23. The minimum Gasteiger partial charge on any atom is -0.492 e. The Bertz CT molecular complexity index is 1020. The molecular weight excluding hydrogens is 538 g/mol. The molecule has 0 aliphatic carbocycles. The molecule has 16 heteroatoms. The lowest BCUT2D eigenvalue weighted by molar-refractivity contribution is -0.138. The van der Waals surface area contributed by atoms with Crippen molar-refractivity contribution in [1.29, 1.82) is 0 Å². The molecule has 220 valence electrons. The number of carboxylic acid groups (broad SMARTS) is 1. The van der Waals surface area contributed by atoms with Crippen molar-refractivity contribution < 1.29 is 46.9 Å². The number of unbranched alkanes of at least 4 members (excludes halogenated alkanes) is 1. The number of hydrogen-bond donors (Lipinski definition) is 6. The van der Waals surface area contributed by atoms with Crippen LogP contribution in [0.4, 0.5) is 9.59 Å². The molecule has 1 rings (SSSR count). The van der Waals surface area contributed by atoms with E-state index in [9.17, 15) is 32.7 Å². The summed E-state index contributed by atoms with van der Waals surface area (Å²) in [6.07, 6.45) is 0.533. The highest BCUT2D eigenvalue weighted by molar-refractivity contribution is 7.89. The molecule has 0 fully saturated rings. The van der Waals surface area contributed by atoms with E-state index in [2.05, 4.69) is 16.0 Å². The van der Waals surface area contributed by atoms with E-state index >= 15 is 0 Å². The van der Waals surface area contributed by atoms with E-state index in [0.717, 1.165) is 12.8 Å². The number of carboxylic acids is 1. The van der Waals surface area contributed by atoms with Crippen LogP contribution in [0.3, 0.4) is 0 Å². The minimum atomic E-state index is -4.14. The van der Waals surface area contributed by atoms with Crippen molar-refractivity contribution in [2.24, 2.45) is 5.73 Å². The van der Waals surface area contributed by atoms with Crippen LogP contribution in [-0.4, -0.2) is 95.4 Å². The van der Waals surface area contributed by atoms with E-state index in [1.54, 1.807) is 12.1 Å². The zero-order valence-electron chi connectivity index (χ0n) is 21.8. The predicted octanol–water partition coefficient (Wildman–Crippen LogP) is -0.231. The fourth-order valence-corrected chi connectivity index (χ4v) is 3.86. The fraction of sp³-hybridized carbons (Fsp3) is 0.565. The maximum absolute atomic E-state index is 12.3. The highest BCUT2D eigenvalue weighted by atomic mass is 32.2. The SMILES string of the molecule is CCCCOC(=O)NCCCOC(=O)NCCS(=O)(=O)N[C@@H](CNC(=O)c1ccc(OCCN)cc1)C(=O)O. The molecule has 0 bridgehead atoms. The zero-order valence-corrected chi connectivity index (χ0v) is 22.6. The van der Waals surface area contributed by atoms with E-state index in [0.29, 0.717) is 31.9 Å². The first kappa shape index (κ1) is 33.4. The van der Waals surface area contributed by atoms with Gasteiger partial charge in [0.25, 0.3) is 5.91 Å². The second-order valence-electron chi connectivity index (χ2n) is 8.03. The van der Waals surface area contributed by atoms with Gasteiger partial charge in [-0.3, -0.25) is 9.59 Å². The van der Waals surface area contributed by atoms with Crippen molar-refractivity contribution in [3.63, 3.8) is 0 Å². The van der Waals surface area contributed by atoms with Gasteiger partial charge in [-0.25, -0.2) is 18.0 Å². The molecule has 0 saturated heterocycles. The normalized spacial score (nSPS) is 11.6. The van der Waals surface area contributed by atoms with Crippen molar-refractivity contribution in [3.05, 3.63) is 29.8 Å². The van der Waals surface area contributed by atoms with Crippen molar-refractivity contribution in [1.82, 2.24) is 20.7 Å². The number of aliphatic carboxylic acids is 1. The third kappa shape index (κ3) is 15.4. The fourth-order valence-electron chi connectivity index (χ4n) is 2.76. The number of sulfonamides is 1. The van der Waals surface area contributed by atoms with Crippen molar-refractivity contribution in [2.75, 3.05) is 51.8 Å². The lowest BCUT2D eigenvalue weighted by atomic mass is 10.2. The minimum absolute atomic E-state index is 0.0314. The van der Waals surface area contributed by atoms with Crippen LogP contribution in [0.15, 0.2) is 24.3 Å². The summed E-state index contributed by atoms with van der Waals surface area (Å²) in [6, 6.07) is 4.37. The lowest BCUT2D eigenvalue weighted by Crippen LogP contribution is -2.49. The number of nitrogens with one attached hydrogen (secondary N) is 4. The number of nitrogens with two attached hydrogens (primary N) is 1. The van der Waals surface area contributed by atoms with Gasteiger partial charge >= 0.3 is 18.2 Å². The first-order chi connectivity index (χ1) is 18.6. The molecule has 0 spiro atoms. The molecule has 1 aromatic carbocycles. The summed E-state index contributed by atoms with van der Waals surface area (Å²) in [5, 5.41) is 16.4. The molecule has 0 aliphatic heterocycles. The summed E-state index contributed by atoms with van der Waals surface area (Å²) in [7, 11) is -4.14. The van der Waals surface area contributed by atoms with Crippen molar-refractivity contribution in [3.8, 4) is 5.75 Å². The van der Waals surface area contributed by atoms with Gasteiger partial charge in [0.2, 0.25) is 10.0 Å². The van der Waals surface area contributed by atoms with Crippen LogP contribution in [0.1, 0.15) is 36.5 Å². The molecule has 0 saturated carbocycles. The Morgan fingerprint density at radius 3 is 2.13 bits per heavy atom. The highest BCUT2D eigenvalue weighted by Crippen LogP contribution is 2.12. The summed E-state index contributed by atoms with van der Waals surface area (Å²) < 4.78 is 41.6. The van der Waals surface area contributed by atoms with Crippen LogP contribution in [0, 0.1) is 0 Å². The Kier molecular flexibility index (Phi) is 15.9. The van der Waals surface area contributed by atoms with Gasteiger partial charge < -0.3 is 41.0 Å². The molecule has 0 unspecified atom stereocenters. The van der Waals surface area contributed by atoms with Gasteiger partial charge in [-0.1, -0.05) is 13.3 Å². The molecule has 39 heavy (non-hydrogen) atoms. The average Bonchev–Trinajstić information content (AvgIpc) is 2.89. The summed E-state index contributed by atoms with van der Waals surface area (Å²) >= 11 is 0. The number of rotatable bonds is 19. The molecule has 0 heterocycles. The van der Waals surface area contributed by atoms with Crippen LogP contribution < -0.4 is 31.1 Å². The number of carbonyl (C=O) groups excluding carboxylic acids is 3. The van der Waals surface area contributed by atoms with Crippen LogP contribution in [0.2, 0.25) is 0 Å². The summed E-state index contributed by atoms with van der Waals surface area (Å²) in [4.78, 5) is 46.9. The summed E-state index contributed by atoms with van der Waals surface area (Å²) in [5.41, 5.74) is 5.57. The van der Waals surface area contributed by atoms with E-state index in [1.807, 2.05) is 11.6 Å². The zero-order chi connectivity index (χ0) is 29.1. The third-order valence-electron chi connectivity index (χ3n) is 4.78. The molecule has 1 atom stereocenters. The Morgan fingerprint density at radius 1 is 0.923 bits per heavy atom. The van der Waals surface area contributed by atoms with Gasteiger partial charge in [-0.05, 0) is 37.1 Å². The molecule has 3 amide bonds. The van der Waals surface area contributed by atoms with Gasteiger partial charge in [0, 0.05) is 31.7 Å². The molecule has 0 aromatic heterocycles. The molecule has 15 nitrogen and oxygen atoms in total. The Hall–Kier alpha value is -3.63. The van der Waals surface area contributed by atoms with Gasteiger partial charge in [0.05, 0.1) is 19.0 Å². The average molecular weight is 576 g/mol. The van der Waals surface area contributed by atoms with E-state index in [1.165, 1.54) is 12.1 Å². The second kappa shape index (κ2) is 18.6. The molecule has 7 N–H and O–H groups in total. The standard InChI is InChI=1S/C23H37N5O10S/c1-2-3-12-37-22(32)25-10-4-13-38-23(33)26-11-15-39(34,35)28-19(21(30)31)16-27-20(29)17-5-7-18(8-6-17)36-14-9-24/h5-8,19,28H,2-4,9-16,24H2,1H3,(H,25,32)(H,26,33)(H,27,29)(H,30,31)/t19-/m0/s1. The maximum atomic E-state index is 12.3. The summed E-state index contributed by atoms with van der Waals surface area (Å²) in [5.74, 6) is -2.24. The largest absolute Gasteiger partial charge is 0.492 e. The Balaban J connectivity index is 2.34. The number of ether oxygens (including phenoxy) is 3. The lowest BCUT2D eigenvalue weighted by Gasteiger charge is -2.16. The number of benzene rings is 1. The first-order valence-corrected chi connectivity index (χ1v) is 14.0. The van der Waals surface area contributed by atoms with Crippen molar-refractivity contribution in [2.45, 2.75) is 32.2 Å². The van der Waals surface area contributed by atoms with E-state index in [4.69, 9.17) is 19.9 Å². The van der Waals surface area contributed by atoms with E-state index in [-0.39, 0.29) is 25.3 Å². The smallest absolute Gasteiger partial charge is 0.407 e. The highest BCUT2D eigenvalue weighted by Gasteiger charge is 2.25. The number of carbonyl (C=O) groups is 4. The molecule has 1 aromatic rings. The molecule has 0 aliphatic rings. The van der Waals surface area contributed by atoms with Gasteiger partial charge in [-0.15, -0.1) is 0 Å². The van der Waals surface area contributed by atoms with E-state index < -0.39 is 52.4 Å². The second-order valence-corrected chi connectivity index (χ2v) is 9.91. The van der Waals surface area contributed by atoms with Gasteiger partial charge in [-0.2, -0.15) is 4.72 Å². The van der Waals surface area contributed by atoms with Crippen LogP contribution in [0.25, 0.3) is 0 Å². The maximum Gasteiger partial charge on any atom is 0.407 e. The number of amides is 3. The van der Waals surface area contributed by atoms with Crippen LogP contribution in [-0.2, 0) is 24.3 Å². The topological polar surface area (TPSA) is 224 Å².